The summed E-state index contributed by atoms with van der Waals surface area (Å²) in [6.45, 7) is 3.11. The summed E-state index contributed by atoms with van der Waals surface area (Å²) in [6, 6.07) is -1.52. The number of nitrogens with one attached hydrogen (secondary N) is 2. The summed E-state index contributed by atoms with van der Waals surface area (Å²) in [6.07, 6.45) is 0. The van der Waals surface area contributed by atoms with Gasteiger partial charge in [0, 0.05) is 12.1 Å². The molecule has 0 radical (unpaired) electrons. The minimum Gasteiger partial charge on any atom is -0.480 e. The molecule has 0 heterocycles. The Labute approximate surface area is 112 Å². The number of aliphatic carboxylic acids is 1. The van der Waals surface area contributed by atoms with Gasteiger partial charge in [0.15, 0.2) is 11.6 Å². The number of amides is 2. The molecule has 0 aliphatic carbocycles. The van der Waals surface area contributed by atoms with Crippen LogP contribution in [0.25, 0.3) is 0 Å². The molecule has 8 heteroatoms. The number of hydrogen-bond donors (Lipinski definition) is 3. The molecule has 0 spiro atoms. The molecule has 1 atom stereocenters. The Hall–Kier alpha value is -2.25. The third-order valence-electron chi connectivity index (χ3n) is 2.46. The second kappa shape index (κ2) is 6.27. The second-order valence-electron chi connectivity index (χ2n) is 4.40. The van der Waals surface area contributed by atoms with Crippen molar-refractivity contribution in [3.63, 3.8) is 0 Å². The number of rotatable bonds is 4. The minimum atomic E-state index is -1.30. The smallest absolute Gasteiger partial charge is 0.326 e. The Morgan fingerprint density at radius 1 is 1.15 bits per heavy atom. The van der Waals surface area contributed by atoms with Crippen LogP contribution >= 0.6 is 0 Å². The largest absolute Gasteiger partial charge is 0.480 e. The molecule has 1 aromatic rings. The highest BCUT2D eigenvalue weighted by Gasteiger charge is 2.24. The highest BCUT2D eigenvalue weighted by molar-refractivity contribution is 5.92. The molecular formula is C12H13F3N2O3. The molecular weight excluding hydrogens is 277 g/mol. The predicted molar refractivity (Wildman–Crippen MR) is 64.7 cm³/mol. The molecule has 0 aliphatic rings. The quantitative estimate of drug-likeness (QED) is 0.796. The molecule has 110 valence electrons. The van der Waals surface area contributed by atoms with Crippen molar-refractivity contribution in [2.45, 2.75) is 19.9 Å². The van der Waals surface area contributed by atoms with Crippen LogP contribution in [0.2, 0.25) is 0 Å². The average molecular weight is 290 g/mol. The van der Waals surface area contributed by atoms with E-state index in [1.165, 1.54) is 0 Å². The van der Waals surface area contributed by atoms with Crippen molar-refractivity contribution in [2.75, 3.05) is 5.32 Å². The fraction of sp³-hybridized carbons (Fsp3) is 0.333. The van der Waals surface area contributed by atoms with Crippen molar-refractivity contribution in [1.82, 2.24) is 5.32 Å². The first-order valence-electron chi connectivity index (χ1n) is 5.67. The fourth-order valence-corrected chi connectivity index (χ4v) is 1.47. The molecule has 1 aromatic carbocycles. The average Bonchev–Trinajstić information content (AvgIpc) is 2.29. The summed E-state index contributed by atoms with van der Waals surface area (Å²) < 4.78 is 39.3. The van der Waals surface area contributed by atoms with Crippen LogP contribution in [0, 0.1) is 23.4 Å². The number of hydrogen-bond acceptors (Lipinski definition) is 2. The van der Waals surface area contributed by atoms with Crippen molar-refractivity contribution < 1.29 is 27.9 Å². The first-order valence-corrected chi connectivity index (χ1v) is 5.67. The fourth-order valence-electron chi connectivity index (χ4n) is 1.47. The lowest BCUT2D eigenvalue weighted by atomic mass is 10.1. The molecule has 2 amide bonds. The zero-order valence-electron chi connectivity index (χ0n) is 10.7. The number of carboxylic acids is 1. The van der Waals surface area contributed by atoms with Crippen molar-refractivity contribution in [2.24, 2.45) is 5.92 Å². The lowest BCUT2D eigenvalue weighted by molar-refractivity contribution is -0.140. The van der Waals surface area contributed by atoms with Crippen LogP contribution in [0.5, 0.6) is 0 Å². The number of carbonyl (C=O) groups is 2. The summed E-state index contributed by atoms with van der Waals surface area (Å²) in [5.41, 5.74) is -0.850. The van der Waals surface area contributed by atoms with Gasteiger partial charge in [-0.05, 0) is 5.92 Å². The zero-order valence-corrected chi connectivity index (χ0v) is 10.7. The highest BCUT2D eigenvalue weighted by Crippen LogP contribution is 2.20. The molecule has 0 aliphatic heterocycles. The maximum atomic E-state index is 13.3. The van der Waals surface area contributed by atoms with E-state index >= 15 is 0 Å². The molecule has 0 fully saturated rings. The van der Waals surface area contributed by atoms with Crippen molar-refractivity contribution in [3.05, 3.63) is 29.6 Å². The van der Waals surface area contributed by atoms with E-state index < -0.39 is 47.1 Å². The normalized spacial score (nSPS) is 12.1. The number of urea groups is 1. The van der Waals surface area contributed by atoms with E-state index in [1.54, 1.807) is 13.8 Å². The Balaban J connectivity index is 2.84. The highest BCUT2D eigenvalue weighted by atomic mass is 19.1. The molecule has 0 aromatic heterocycles. The van der Waals surface area contributed by atoms with Crippen molar-refractivity contribution in [3.8, 4) is 0 Å². The van der Waals surface area contributed by atoms with E-state index in [4.69, 9.17) is 5.11 Å². The Morgan fingerprint density at radius 2 is 1.65 bits per heavy atom. The van der Waals surface area contributed by atoms with Gasteiger partial charge in [0.25, 0.3) is 0 Å². The molecule has 0 saturated heterocycles. The summed E-state index contributed by atoms with van der Waals surface area (Å²) in [7, 11) is 0. The molecule has 0 bridgehead atoms. The molecule has 0 saturated carbocycles. The molecule has 20 heavy (non-hydrogen) atoms. The monoisotopic (exact) mass is 290 g/mol. The van der Waals surface area contributed by atoms with Gasteiger partial charge in [-0.3, -0.25) is 0 Å². The van der Waals surface area contributed by atoms with Gasteiger partial charge < -0.3 is 15.7 Å². The number of carboxylic acid groups (broad SMARTS) is 1. The van der Waals surface area contributed by atoms with E-state index in [1.807, 2.05) is 5.32 Å². The van der Waals surface area contributed by atoms with Gasteiger partial charge in [-0.25, -0.2) is 22.8 Å². The van der Waals surface area contributed by atoms with Gasteiger partial charge in [-0.2, -0.15) is 0 Å². The van der Waals surface area contributed by atoms with Crippen LogP contribution in [0.3, 0.4) is 0 Å². The van der Waals surface area contributed by atoms with E-state index in [9.17, 15) is 22.8 Å². The summed E-state index contributed by atoms with van der Waals surface area (Å²) in [5.74, 6) is -5.43. The summed E-state index contributed by atoms with van der Waals surface area (Å²) in [4.78, 5) is 22.4. The van der Waals surface area contributed by atoms with Crippen LogP contribution < -0.4 is 10.6 Å². The molecule has 3 N–H and O–H groups in total. The number of halogens is 3. The van der Waals surface area contributed by atoms with Gasteiger partial charge in [-0.15, -0.1) is 0 Å². The van der Waals surface area contributed by atoms with E-state index in [0.29, 0.717) is 12.1 Å². The molecule has 5 nitrogen and oxygen atoms in total. The zero-order chi connectivity index (χ0) is 15.4. The van der Waals surface area contributed by atoms with Crippen LogP contribution in [-0.2, 0) is 4.79 Å². The Bertz CT molecular complexity index is 512. The van der Waals surface area contributed by atoms with Gasteiger partial charge in [0.2, 0.25) is 0 Å². The lowest BCUT2D eigenvalue weighted by Gasteiger charge is -2.18. The standard InChI is InChI=1S/C12H13F3N2O3/c1-5(2)9(11(18)19)16-12(20)17-10-7(14)3-6(13)4-8(10)15/h3-5,9H,1-2H3,(H,18,19)(H2,16,17,20)/t9-/m0/s1. The SMILES string of the molecule is CC(C)[C@H](NC(=O)Nc1c(F)cc(F)cc1F)C(=O)O. The van der Waals surface area contributed by atoms with E-state index in [-0.39, 0.29) is 0 Å². The van der Waals surface area contributed by atoms with Gasteiger partial charge >= 0.3 is 12.0 Å². The van der Waals surface area contributed by atoms with Crippen LogP contribution in [-0.4, -0.2) is 23.1 Å². The number of carbonyl (C=O) groups excluding carboxylic acids is 1. The maximum absolute atomic E-state index is 13.3. The van der Waals surface area contributed by atoms with E-state index in [0.717, 1.165) is 0 Å². The van der Waals surface area contributed by atoms with Crippen molar-refractivity contribution >= 4 is 17.7 Å². The van der Waals surface area contributed by atoms with Gasteiger partial charge in [0.1, 0.15) is 17.5 Å². The Morgan fingerprint density at radius 3 is 2.05 bits per heavy atom. The third-order valence-corrected chi connectivity index (χ3v) is 2.46. The van der Waals surface area contributed by atoms with Crippen molar-refractivity contribution in [1.29, 1.82) is 0 Å². The predicted octanol–water partition coefficient (Wildman–Crippen LogP) is 2.33. The number of anilines is 1. The third kappa shape index (κ3) is 3.87. The summed E-state index contributed by atoms with van der Waals surface area (Å²) in [5, 5.41) is 12.7. The second-order valence-corrected chi connectivity index (χ2v) is 4.40. The van der Waals surface area contributed by atoms with Crippen LogP contribution in [0.15, 0.2) is 12.1 Å². The summed E-state index contributed by atoms with van der Waals surface area (Å²) >= 11 is 0. The van der Waals surface area contributed by atoms with Crippen LogP contribution in [0.4, 0.5) is 23.7 Å². The maximum Gasteiger partial charge on any atom is 0.326 e. The first kappa shape index (κ1) is 15.8. The molecule has 1 rings (SSSR count). The molecule has 0 unspecified atom stereocenters. The van der Waals surface area contributed by atoms with Gasteiger partial charge in [-0.1, -0.05) is 13.8 Å². The lowest BCUT2D eigenvalue weighted by Crippen LogP contribution is -2.46. The Kier molecular flexibility index (Phi) is 4.95. The number of benzene rings is 1. The topological polar surface area (TPSA) is 78.4 Å². The minimum absolute atomic E-state index is 0.399. The van der Waals surface area contributed by atoms with Crippen LogP contribution in [0.1, 0.15) is 13.8 Å². The van der Waals surface area contributed by atoms with E-state index in [2.05, 4.69) is 5.32 Å². The van der Waals surface area contributed by atoms with Gasteiger partial charge in [0.05, 0.1) is 0 Å². The first-order chi connectivity index (χ1) is 9.22.